The minimum absolute atomic E-state index is 0. The first-order valence-corrected chi connectivity index (χ1v) is 10.6. The van der Waals surface area contributed by atoms with Gasteiger partial charge < -0.3 is 15.5 Å². The zero-order valence-electron chi connectivity index (χ0n) is 17.5. The van der Waals surface area contributed by atoms with Gasteiger partial charge in [-0.25, -0.2) is 0 Å². The van der Waals surface area contributed by atoms with Crippen LogP contribution in [0.5, 0.6) is 0 Å². The Morgan fingerprint density at radius 2 is 1.79 bits per heavy atom. The Balaban J connectivity index is 0.00000300. The van der Waals surface area contributed by atoms with Gasteiger partial charge in [-0.2, -0.15) is 5.10 Å². The van der Waals surface area contributed by atoms with Crippen molar-refractivity contribution in [3.8, 4) is 0 Å². The fraction of sp³-hybridized carbons (Fsp3) is 0.545. The van der Waals surface area contributed by atoms with Crippen molar-refractivity contribution in [3.05, 3.63) is 53.9 Å². The lowest BCUT2D eigenvalue weighted by atomic mass is 10.2. The van der Waals surface area contributed by atoms with E-state index in [2.05, 4.69) is 56.1 Å². The second kappa shape index (κ2) is 13.6. The summed E-state index contributed by atoms with van der Waals surface area (Å²) in [5.41, 5.74) is 2.41. The fourth-order valence-corrected chi connectivity index (χ4v) is 3.63. The molecule has 0 aliphatic carbocycles. The minimum atomic E-state index is 0. The maximum absolute atomic E-state index is 4.46. The van der Waals surface area contributed by atoms with Crippen LogP contribution >= 0.6 is 24.0 Å². The maximum atomic E-state index is 4.46. The number of rotatable bonds is 8. The molecule has 2 heterocycles. The molecule has 1 aromatic carbocycles. The molecule has 3 rings (SSSR count). The number of hydrogen-bond donors (Lipinski definition) is 2. The van der Waals surface area contributed by atoms with E-state index in [1.165, 1.54) is 50.9 Å². The average molecular weight is 510 g/mol. The second-order valence-electron chi connectivity index (χ2n) is 7.49. The molecule has 0 radical (unpaired) electrons. The molecule has 0 unspecified atom stereocenters. The van der Waals surface area contributed by atoms with Crippen LogP contribution in [0.3, 0.4) is 0 Å². The van der Waals surface area contributed by atoms with Crippen LogP contribution in [-0.2, 0) is 13.1 Å². The Morgan fingerprint density at radius 3 is 2.52 bits per heavy atom. The van der Waals surface area contributed by atoms with Crippen molar-refractivity contribution in [2.45, 2.75) is 45.2 Å². The van der Waals surface area contributed by atoms with Gasteiger partial charge in [-0.3, -0.25) is 9.67 Å². The summed E-state index contributed by atoms with van der Waals surface area (Å²) in [6.07, 6.45) is 10.7. The molecule has 1 fully saturated rings. The van der Waals surface area contributed by atoms with Crippen molar-refractivity contribution in [2.75, 3.05) is 33.2 Å². The van der Waals surface area contributed by atoms with E-state index >= 15 is 0 Å². The van der Waals surface area contributed by atoms with Crippen molar-refractivity contribution in [2.24, 2.45) is 4.99 Å². The Kier molecular flexibility index (Phi) is 11.1. The zero-order chi connectivity index (χ0) is 19.4. The Morgan fingerprint density at radius 1 is 1.03 bits per heavy atom. The number of guanidine groups is 1. The van der Waals surface area contributed by atoms with E-state index < -0.39 is 0 Å². The summed E-state index contributed by atoms with van der Waals surface area (Å²) < 4.78 is 1.98. The molecule has 0 atom stereocenters. The number of nitrogens with one attached hydrogen (secondary N) is 2. The average Bonchev–Trinajstić information content (AvgIpc) is 3.00. The number of hydrogen-bond acceptors (Lipinski definition) is 3. The molecule has 0 spiro atoms. The summed E-state index contributed by atoms with van der Waals surface area (Å²) >= 11 is 0. The van der Waals surface area contributed by atoms with Gasteiger partial charge in [0.1, 0.15) is 0 Å². The predicted octanol–water partition coefficient (Wildman–Crippen LogP) is 3.48. The Bertz CT molecular complexity index is 707. The molecule has 1 aromatic heterocycles. The third kappa shape index (κ3) is 8.74. The molecular formula is C22H35IN6. The van der Waals surface area contributed by atoms with E-state index in [-0.39, 0.29) is 24.0 Å². The van der Waals surface area contributed by atoms with Crippen molar-refractivity contribution < 1.29 is 0 Å². The van der Waals surface area contributed by atoms with E-state index in [0.29, 0.717) is 0 Å². The van der Waals surface area contributed by atoms with Gasteiger partial charge in [-0.15, -0.1) is 24.0 Å². The highest BCUT2D eigenvalue weighted by atomic mass is 127. The fourth-order valence-electron chi connectivity index (χ4n) is 3.63. The number of aliphatic imine (C=N–C) groups is 1. The predicted molar refractivity (Wildman–Crippen MR) is 131 cm³/mol. The number of likely N-dealkylation sites (tertiary alicyclic amines) is 1. The number of benzene rings is 1. The van der Waals surface area contributed by atoms with Gasteiger partial charge in [0.25, 0.3) is 0 Å². The maximum Gasteiger partial charge on any atom is 0.191 e. The summed E-state index contributed by atoms with van der Waals surface area (Å²) in [7, 11) is 1.82. The molecule has 0 amide bonds. The largest absolute Gasteiger partial charge is 0.356 e. The van der Waals surface area contributed by atoms with E-state index in [1.54, 1.807) is 0 Å². The summed E-state index contributed by atoms with van der Waals surface area (Å²) in [6.45, 7) is 6.17. The molecule has 29 heavy (non-hydrogen) atoms. The van der Waals surface area contributed by atoms with Crippen LogP contribution < -0.4 is 10.6 Å². The zero-order valence-corrected chi connectivity index (χ0v) is 19.8. The van der Waals surface area contributed by atoms with Crippen molar-refractivity contribution in [1.82, 2.24) is 25.3 Å². The van der Waals surface area contributed by atoms with Crippen LogP contribution in [0.25, 0.3) is 0 Å². The molecule has 7 heteroatoms. The lowest BCUT2D eigenvalue weighted by Gasteiger charge is -2.20. The summed E-state index contributed by atoms with van der Waals surface area (Å²) in [4.78, 5) is 6.93. The van der Waals surface area contributed by atoms with Crippen LogP contribution in [0.4, 0.5) is 0 Å². The third-order valence-electron chi connectivity index (χ3n) is 5.20. The van der Waals surface area contributed by atoms with Crippen LogP contribution in [-0.4, -0.2) is 53.9 Å². The molecule has 0 saturated carbocycles. The SMILES string of the molecule is CN=C(NCCCN1CCCCCC1)NCc1cnn(Cc2ccccc2)c1.I. The Labute approximate surface area is 192 Å². The molecule has 2 aromatic rings. The van der Waals surface area contributed by atoms with Gasteiger partial charge >= 0.3 is 0 Å². The lowest BCUT2D eigenvalue weighted by Crippen LogP contribution is -2.38. The highest BCUT2D eigenvalue weighted by molar-refractivity contribution is 14.0. The molecule has 6 nitrogen and oxygen atoms in total. The molecule has 160 valence electrons. The van der Waals surface area contributed by atoms with Gasteiger partial charge in [0, 0.05) is 31.9 Å². The minimum Gasteiger partial charge on any atom is -0.356 e. The van der Waals surface area contributed by atoms with E-state index in [0.717, 1.165) is 37.6 Å². The second-order valence-corrected chi connectivity index (χ2v) is 7.49. The van der Waals surface area contributed by atoms with E-state index in [4.69, 9.17) is 0 Å². The standard InChI is InChI=1S/C22H34N6.HI/c1-23-22(24-12-9-15-27-13-7-2-3-8-14-27)25-16-21-17-26-28(19-21)18-20-10-5-4-6-11-20;/h4-6,10-11,17,19H,2-3,7-9,12-16,18H2,1H3,(H2,23,24,25);1H. The highest BCUT2D eigenvalue weighted by Gasteiger charge is 2.08. The molecule has 1 saturated heterocycles. The molecule has 0 bridgehead atoms. The van der Waals surface area contributed by atoms with Gasteiger partial charge in [0.2, 0.25) is 0 Å². The van der Waals surface area contributed by atoms with Gasteiger partial charge in [-0.1, -0.05) is 43.2 Å². The highest BCUT2D eigenvalue weighted by Crippen LogP contribution is 2.09. The molecule has 1 aliphatic rings. The van der Waals surface area contributed by atoms with E-state index in [9.17, 15) is 0 Å². The monoisotopic (exact) mass is 510 g/mol. The summed E-state index contributed by atoms with van der Waals surface area (Å²) in [5.74, 6) is 0.853. The smallest absolute Gasteiger partial charge is 0.191 e. The van der Waals surface area contributed by atoms with Gasteiger partial charge in [0.15, 0.2) is 5.96 Å². The summed E-state index contributed by atoms with van der Waals surface area (Å²) in [5, 5.41) is 11.3. The van der Waals surface area contributed by atoms with Gasteiger partial charge in [-0.05, 0) is 44.5 Å². The van der Waals surface area contributed by atoms with Crippen LogP contribution in [0.2, 0.25) is 0 Å². The first-order valence-electron chi connectivity index (χ1n) is 10.6. The van der Waals surface area contributed by atoms with Crippen molar-refractivity contribution >= 4 is 29.9 Å². The van der Waals surface area contributed by atoms with E-state index in [1.807, 2.05) is 24.0 Å². The quantitative estimate of drug-likeness (QED) is 0.247. The first-order chi connectivity index (χ1) is 13.8. The normalized spacial score (nSPS) is 15.4. The topological polar surface area (TPSA) is 57.5 Å². The van der Waals surface area contributed by atoms with Crippen LogP contribution in [0, 0.1) is 0 Å². The number of aromatic nitrogens is 2. The molecule has 2 N–H and O–H groups in total. The molecule has 1 aliphatic heterocycles. The van der Waals surface area contributed by atoms with Gasteiger partial charge in [0.05, 0.1) is 12.7 Å². The summed E-state index contributed by atoms with van der Waals surface area (Å²) in [6, 6.07) is 10.4. The third-order valence-corrected chi connectivity index (χ3v) is 5.20. The van der Waals surface area contributed by atoms with Crippen molar-refractivity contribution in [1.29, 1.82) is 0 Å². The Hall–Kier alpha value is -1.61. The molecular weight excluding hydrogens is 475 g/mol. The lowest BCUT2D eigenvalue weighted by molar-refractivity contribution is 0.282. The van der Waals surface area contributed by atoms with Crippen molar-refractivity contribution in [3.63, 3.8) is 0 Å². The first kappa shape index (κ1) is 23.7. The van der Waals surface area contributed by atoms with Crippen LogP contribution in [0.1, 0.15) is 43.2 Å². The van der Waals surface area contributed by atoms with Crippen LogP contribution in [0.15, 0.2) is 47.7 Å². The number of halogens is 1. The number of nitrogens with zero attached hydrogens (tertiary/aromatic N) is 4.